The molecule has 0 saturated heterocycles. The number of hydrogen-bond acceptors (Lipinski definition) is 6. The summed E-state index contributed by atoms with van der Waals surface area (Å²) in [6.07, 6.45) is 2.10. The molecule has 1 aliphatic heterocycles. The summed E-state index contributed by atoms with van der Waals surface area (Å²) in [7, 11) is 1.82. The lowest BCUT2D eigenvalue weighted by molar-refractivity contribution is -0.129. The van der Waals surface area contributed by atoms with Gasteiger partial charge in [-0.1, -0.05) is 6.07 Å². The summed E-state index contributed by atoms with van der Waals surface area (Å²) in [5.74, 6) is 0.801. The molecule has 2 aromatic rings. The Morgan fingerprint density at radius 3 is 2.62 bits per heavy atom. The number of hydrogen-bond donors (Lipinski definition) is 2. The molecule has 4 bridgehead atoms. The Hall–Kier alpha value is -2.61. The van der Waals surface area contributed by atoms with E-state index < -0.39 is 0 Å². The first-order valence-electron chi connectivity index (χ1n) is 9.76. The van der Waals surface area contributed by atoms with Crippen LogP contribution in [0.5, 0.6) is 0 Å². The van der Waals surface area contributed by atoms with Gasteiger partial charge in [-0.15, -0.1) is 11.8 Å². The van der Waals surface area contributed by atoms with Gasteiger partial charge >= 0.3 is 0 Å². The highest BCUT2D eigenvalue weighted by atomic mass is 32.2. The van der Waals surface area contributed by atoms with Crippen LogP contribution in [-0.2, 0) is 4.79 Å². The molecule has 0 spiro atoms. The molecule has 1 aliphatic rings. The fourth-order valence-corrected chi connectivity index (χ4v) is 4.20. The van der Waals surface area contributed by atoms with Gasteiger partial charge in [-0.05, 0) is 49.9 Å². The van der Waals surface area contributed by atoms with Crippen LogP contribution in [0.4, 0.5) is 5.95 Å². The lowest BCUT2D eigenvalue weighted by atomic mass is 9.97. The van der Waals surface area contributed by atoms with Crippen molar-refractivity contribution in [2.45, 2.75) is 38.1 Å². The van der Waals surface area contributed by atoms with E-state index in [9.17, 15) is 9.59 Å². The molecule has 2 heterocycles. The van der Waals surface area contributed by atoms with E-state index in [4.69, 9.17) is 5.73 Å². The van der Waals surface area contributed by atoms with Crippen molar-refractivity contribution in [2.24, 2.45) is 0 Å². The van der Waals surface area contributed by atoms with E-state index in [1.807, 2.05) is 39.1 Å². The first kappa shape index (κ1) is 21.1. The Kier molecular flexibility index (Phi) is 6.74. The molecule has 3 rings (SSSR count). The van der Waals surface area contributed by atoms with Crippen molar-refractivity contribution < 1.29 is 9.59 Å². The molecule has 0 saturated carbocycles. The molecule has 29 heavy (non-hydrogen) atoms. The van der Waals surface area contributed by atoms with Gasteiger partial charge in [0.15, 0.2) is 0 Å². The van der Waals surface area contributed by atoms with E-state index in [-0.39, 0.29) is 17.8 Å². The molecule has 0 unspecified atom stereocenters. The number of aryl methyl sites for hydroxylation is 2. The highest BCUT2D eigenvalue weighted by Crippen LogP contribution is 2.29. The van der Waals surface area contributed by atoms with Gasteiger partial charge in [-0.3, -0.25) is 9.59 Å². The second-order valence-electron chi connectivity index (χ2n) is 7.31. The number of fused-ring (bicyclic) bond motifs is 5. The van der Waals surface area contributed by atoms with Crippen LogP contribution in [0, 0.1) is 13.8 Å². The smallest absolute Gasteiger partial charge is 0.251 e. The lowest BCUT2D eigenvalue weighted by Crippen LogP contribution is -2.29. The van der Waals surface area contributed by atoms with Crippen molar-refractivity contribution in [3.8, 4) is 11.3 Å². The Bertz CT molecular complexity index is 932. The van der Waals surface area contributed by atoms with Crippen molar-refractivity contribution in [1.82, 2.24) is 20.2 Å². The first-order valence-corrected chi connectivity index (χ1v) is 10.7. The number of thioether (sulfide) groups is 1. The number of nitrogens with zero attached hydrogens (tertiary/aromatic N) is 3. The second kappa shape index (κ2) is 9.26. The molecular formula is C21H27N5O2S. The van der Waals surface area contributed by atoms with Crippen molar-refractivity contribution in [2.75, 3.05) is 31.6 Å². The van der Waals surface area contributed by atoms with E-state index in [0.29, 0.717) is 36.5 Å². The summed E-state index contributed by atoms with van der Waals surface area (Å²) in [5.41, 5.74) is 10.0. The third kappa shape index (κ3) is 5.26. The lowest BCUT2D eigenvalue weighted by Gasteiger charge is -2.17. The molecule has 7 nitrogen and oxygen atoms in total. The van der Waals surface area contributed by atoms with Gasteiger partial charge < -0.3 is 16.0 Å². The number of nitrogen functional groups attached to an aromatic ring is 1. The maximum Gasteiger partial charge on any atom is 0.251 e. The Balaban J connectivity index is 1.99. The topological polar surface area (TPSA) is 101 Å². The van der Waals surface area contributed by atoms with Gasteiger partial charge in [-0.2, -0.15) is 0 Å². The number of carbonyl (C=O) groups excluding carboxylic acids is 2. The number of nitrogens with two attached hydrogens (primary N) is 1. The molecule has 0 radical (unpaired) electrons. The SMILES string of the molecule is Cc1cc(C)c2cc1C(=O)NCCCCN(C)C(=O)CCSc1cc-2nc(N)n1. The van der Waals surface area contributed by atoms with Gasteiger partial charge in [0.2, 0.25) is 11.9 Å². The van der Waals surface area contributed by atoms with Gasteiger partial charge in [0.1, 0.15) is 5.03 Å². The third-order valence-corrected chi connectivity index (χ3v) is 5.92. The van der Waals surface area contributed by atoms with Crippen molar-refractivity contribution in [3.63, 3.8) is 0 Å². The normalized spacial score (nSPS) is 16.3. The summed E-state index contributed by atoms with van der Waals surface area (Å²) in [4.78, 5) is 35.5. The molecule has 0 aliphatic carbocycles. The zero-order valence-electron chi connectivity index (χ0n) is 17.1. The van der Waals surface area contributed by atoms with Crippen molar-refractivity contribution in [3.05, 3.63) is 34.9 Å². The fourth-order valence-electron chi connectivity index (χ4n) is 3.36. The Labute approximate surface area is 175 Å². The number of anilines is 1. The van der Waals surface area contributed by atoms with Crippen molar-refractivity contribution >= 4 is 29.5 Å². The number of amides is 2. The Morgan fingerprint density at radius 2 is 1.83 bits per heavy atom. The van der Waals surface area contributed by atoms with Crippen LogP contribution >= 0.6 is 11.8 Å². The van der Waals surface area contributed by atoms with E-state index >= 15 is 0 Å². The summed E-state index contributed by atoms with van der Waals surface area (Å²) < 4.78 is 0. The standard InChI is InChI=1S/C21H27N5O2S/c1-13-10-14(2)16-11-15(13)17-12-18(25-21(22)24-17)29-9-6-19(27)26(3)8-5-4-7-23-20(16)28/h10-12H,4-9H2,1-3H3,(H,23,28)(H2,22,24,25). The third-order valence-electron chi connectivity index (χ3n) is 5.01. The minimum absolute atomic E-state index is 0.103. The van der Waals surface area contributed by atoms with E-state index in [2.05, 4.69) is 15.3 Å². The van der Waals surface area contributed by atoms with Crippen molar-refractivity contribution in [1.29, 1.82) is 0 Å². The van der Waals surface area contributed by atoms with E-state index in [1.54, 1.807) is 4.90 Å². The van der Waals surface area contributed by atoms with Crippen LogP contribution in [0.3, 0.4) is 0 Å². The molecule has 0 atom stereocenters. The number of rotatable bonds is 0. The summed E-state index contributed by atoms with van der Waals surface area (Å²) >= 11 is 1.49. The predicted octanol–water partition coefficient (Wildman–Crippen LogP) is 2.81. The minimum Gasteiger partial charge on any atom is -0.368 e. The maximum atomic E-state index is 12.7. The summed E-state index contributed by atoms with van der Waals surface area (Å²) in [6, 6.07) is 5.75. The Morgan fingerprint density at radius 1 is 1.07 bits per heavy atom. The van der Waals surface area contributed by atoms with Crippen LogP contribution in [0.1, 0.15) is 40.7 Å². The number of nitrogens with one attached hydrogen (secondary N) is 1. The summed E-state index contributed by atoms with van der Waals surface area (Å²) in [6.45, 7) is 5.18. The van der Waals surface area contributed by atoms with Gasteiger partial charge in [0.05, 0.1) is 5.69 Å². The largest absolute Gasteiger partial charge is 0.368 e. The maximum absolute atomic E-state index is 12.7. The van der Waals surface area contributed by atoms with E-state index in [1.165, 1.54) is 11.8 Å². The van der Waals surface area contributed by atoms with Crippen LogP contribution in [0.15, 0.2) is 23.2 Å². The van der Waals surface area contributed by atoms with Gasteiger partial charge in [0.25, 0.3) is 5.91 Å². The van der Waals surface area contributed by atoms with E-state index in [0.717, 1.165) is 34.6 Å². The molecule has 1 aromatic heterocycles. The number of benzene rings is 1. The number of aromatic nitrogens is 2. The van der Waals surface area contributed by atoms with Crippen LogP contribution < -0.4 is 11.1 Å². The predicted molar refractivity (Wildman–Crippen MR) is 116 cm³/mol. The molecule has 1 aromatic carbocycles. The highest BCUT2D eigenvalue weighted by Gasteiger charge is 2.16. The first-order chi connectivity index (χ1) is 13.8. The van der Waals surface area contributed by atoms with Crippen LogP contribution in [0.2, 0.25) is 0 Å². The zero-order valence-corrected chi connectivity index (χ0v) is 17.9. The van der Waals surface area contributed by atoms with Crippen LogP contribution in [0.25, 0.3) is 11.3 Å². The minimum atomic E-state index is -0.103. The molecular weight excluding hydrogens is 386 g/mol. The molecule has 8 heteroatoms. The number of carbonyl (C=O) groups is 2. The van der Waals surface area contributed by atoms with Gasteiger partial charge in [0, 0.05) is 43.4 Å². The molecule has 154 valence electrons. The molecule has 0 fully saturated rings. The monoisotopic (exact) mass is 413 g/mol. The average Bonchev–Trinajstić information content (AvgIpc) is 2.66. The highest BCUT2D eigenvalue weighted by molar-refractivity contribution is 7.99. The fraction of sp³-hybridized carbons (Fsp3) is 0.429. The quantitative estimate of drug-likeness (QED) is 0.644. The van der Waals surface area contributed by atoms with Crippen LogP contribution in [-0.4, -0.2) is 52.6 Å². The average molecular weight is 414 g/mol. The second-order valence-corrected chi connectivity index (χ2v) is 8.42. The molecule has 3 N–H and O–H groups in total. The summed E-state index contributed by atoms with van der Waals surface area (Å²) in [5, 5.41) is 3.71. The van der Waals surface area contributed by atoms with Gasteiger partial charge in [-0.25, -0.2) is 9.97 Å². The zero-order chi connectivity index (χ0) is 21.0. The molecule has 2 amide bonds.